The third-order valence-corrected chi connectivity index (χ3v) is 6.73. The van der Waals surface area contributed by atoms with Gasteiger partial charge in [0.05, 0.1) is 27.7 Å². The largest absolute Gasteiger partial charge is 0.358 e. The van der Waals surface area contributed by atoms with Crippen LogP contribution in [0.25, 0.3) is 43.6 Å². The van der Waals surface area contributed by atoms with Crippen LogP contribution in [0.3, 0.4) is 0 Å². The monoisotopic (exact) mass is 409 g/mol. The lowest BCUT2D eigenvalue weighted by Crippen LogP contribution is -2.20. The number of H-pyrrole nitrogens is 1. The standard InChI is InChI=1S/C25H19N3O3/c29-24-20-18-13-7-1-3-9-15(13)26-22(18)23-19(21(20)25(30)27-24)14-8-2-4-10-16(14)28(23)17-11-5-6-12-31-17/h1-4,7-10,17,26H,5-6,11-12H2,(H,27,29,30). The van der Waals surface area contributed by atoms with Gasteiger partial charge in [-0.3, -0.25) is 14.9 Å². The van der Waals surface area contributed by atoms with Gasteiger partial charge in [-0.15, -0.1) is 0 Å². The van der Waals surface area contributed by atoms with Gasteiger partial charge in [0.25, 0.3) is 11.8 Å². The fourth-order valence-electron chi connectivity index (χ4n) is 5.50. The van der Waals surface area contributed by atoms with Crippen LogP contribution >= 0.6 is 0 Å². The number of benzene rings is 3. The number of nitrogens with one attached hydrogen (secondary N) is 2. The van der Waals surface area contributed by atoms with Crippen molar-refractivity contribution in [3.8, 4) is 0 Å². The number of carbonyl (C=O) groups is 2. The maximum Gasteiger partial charge on any atom is 0.259 e. The molecule has 152 valence electrons. The molecule has 1 saturated heterocycles. The average molecular weight is 409 g/mol. The average Bonchev–Trinajstić information content (AvgIpc) is 3.43. The third-order valence-electron chi connectivity index (χ3n) is 6.73. The predicted octanol–water partition coefficient (Wildman–Crippen LogP) is 5.01. The maximum absolute atomic E-state index is 13.0. The molecule has 31 heavy (non-hydrogen) atoms. The molecule has 0 spiro atoms. The van der Waals surface area contributed by atoms with Gasteiger partial charge >= 0.3 is 0 Å². The van der Waals surface area contributed by atoms with E-state index in [2.05, 4.69) is 20.9 Å². The molecule has 7 rings (SSSR count). The number of carbonyl (C=O) groups excluding carboxylic acids is 2. The molecule has 3 aromatic carbocycles. The van der Waals surface area contributed by atoms with E-state index in [-0.39, 0.29) is 18.0 Å². The number of aromatic amines is 1. The molecule has 2 N–H and O–H groups in total. The first-order chi connectivity index (χ1) is 15.2. The number of hydrogen-bond donors (Lipinski definition) is 2. The van der Waals surface area contributed by atoms with Crippen molar-refractivity contribution in [1.82, 2.24) is 14.9 Å². The van der Waals surface area contributed by atoms with Crippen LogP contribution in [0.2, 0.25) is 0 Å². The molecule has 2 aliphatic rings. The summed E-state index contributed by atoms with van der Waals surface area (Å²) in [5.74, 6) is -0.660. The molecule has 6 heteroatoms. The van der Waals surface area contributed by atoms with Crippen LogP contribution in [0.5, 0.6) is 0 Å². The number of imide groups is 1. The third kappa shape index (κ3) is 2.10. The first-order valence-electron chi connectivity index (χ1n) is 10.7. The van der Waals surface area contributed by atoms with Crippen molar-refractivity contribution >= 4 is 55.4 Å². The summed E-state index contributed by atoms with van der Waals surface area (Å²) in [4.78, 5) is 29.5. The van der Waals surface area contributed by atoms with Crippen molar-refractivity contribution in [2.45, 2.75) is 25.5 Å². The van der Waals surface area contributed by atoms with Crippen molar-refractivity contribution in [3.05, 3.63) is 59.7 Å². The van der Waals surface area contributed by atoms with Gasteiger partial charge in [-0.05, 0) is 31.4 Å². The summed E-state index contributed by atoms with van der Waals surface area (Å²) in [6.45, 7) is 0.721. The summed E-state index contributed by atoms with van der Waals surface area (Å²) in [7, 11) is 0. The highest BCUT2D eigenvalue weighted by Gasteiger charge is 2.36. The molecule has 2 aliphatic heterocycles. The second kappa shape index (κ2) is 5.95. The van der Waals surface area contributed by atoms with E-state index in [1.165, 1.54) is 0 Å². The molecular formula is C25H19N3O3. The van der Waals surface area contributed by atoms with Gasteiger partial charge in [0.2, 0.25) is 0 Å². The Morgan fingerprint density at radius 2 is 1.61 bits per heavy atom. The molecule has 0 radical (unpaired) electrons. The normalized spacial score (nSPS) is 19.0. The Kier molecular flexibility index (Phi) is 3.28. The number of para-hydroxylation sites is 2. The van der Waals surface area contributed by atoms with Gasteiger partial charge in [-0.1, -0.05) is 36.4 Å². The summed E-state index contributed by atoms with van der Waals surface area (Å²) in [5.41, 5.74) is 4.72. The smallest absolute Gasteiger partial charge is 0.259 e. The van der Waals surface area contributed by atoms with Crippen LogP contribution in [0, 0.1) is 0 Å². The molecule has 1 atom stereocenters. The molecule has 0 bridgehead atoms. The van der Waals surface area contributed by atoms with Crippen molar-refractivity contribution in [2.24, 2.45) is 0 Å². The SMILES string of the molecule is O=C1NC(=O)c2c1c1c3ccccc3[nH]c1c1c2c2ccccc2n1C1CCCCO1. The van der Waals surface area contributed by atoms with Crippen LogP contribution < -0.4 is 5.32 Å². The first-order valence-corrected chi connectivity index (χ1v) is 10.7. The highest BCUT2D eigenvalue weighted by molar-refractivity contribution is 6.39. The molecule has 0 aliphatic carbocycles. The molecule has 1 fully saturated rings. The van der Waals surface area contributed by atoms with Crippen LogP contribution in [-0.2, 0) is 4.74 Å². The molecule has 0 saturated carbocycles. The van der Waals surface area contributed by atoms with Gasteiger partial charge in [0, 0.05) is 33.7 Å². The van der Waals surface area contributed by atoms with E-state index in [9.17, 15) is 9.59 Å². The second-order valence-corrected chi connectivity index (χ2v) is 8.39. The van der Waals surface area contributed by atoms with E-state index in [0.29, 0.717) is 11.1 Å². The number of fused-ring (bicyclic) bond motifs is 10. The lowest BCUT2D eigenvalue weighted by molar-refractivity contribution is -0.0266. The predicted molar refractivity (Wildman–Crippen MR) is 119 cm³/mol. The first kappa shape index (κ1) is 17.1. The Labute approximate surface area is 176 Å². The van der Waals surface area contributed by atoms with Crippen LogP contribution in [0.15, 0.2) is 48.5 Å². The van der Waals surface area contributed by atoms with E-state index in [4.69, 9.17) is 4.74 Å². The molecule has 6 nitrogen and oxygen atoms in total. The van der Waals surface area contributed by atoms with E-state index < -0.39 is 0 Å². The number of amides is 2. The Bertz CT molecular complexity index is 1580. The summed E-state index contributed by atoms with van der Waals surface area (Å²) in [6, 6.07) is 16.0. The minimum absolute atomic E-state index is 0.107. The molecule has 2 aromatic heterocycles. The van der Waals surface area contributed by atoms with Crippen LogP contribution in [-0.4, -0.2) is 28.0 Å². The van der Waals surface area contributed by atoms with Crippen molar-refractivity contribution in [3.63, 3.8) is 0 Å². The van der Waals surface area contributed by atoms with E-state index in [1.54, 1.807) is 0 Å². The Balaban J connectivity index is 1.79. The Morgan fingerprint density at radius 1 is 0.871 bits per heavy atom. The number of hydrogen-bond acceptors (Lipinski definition) is 3. The minimum Gasteiger partial charge on any atom is -0.358 e. The summed E-state index contributed by atoms with van der Waals surface area (Å²) >= 11 is 0. The maximum atomic E-state index is 13.0. The van der Waals surface area contributed by atoms with Crippen molar-refractivity contribution < 1.29 is 14.3 Å². The van der Waals surface area contributed by atoms with Crippen molar-refractivity contribution in [1.29, 1.82) is 0 Å². The van der Waals surface area contributed by atoms with Crippen LogP contribution in [0.1, 0.15) is 46.2 Å². The van der Waals surface area contributed by atoms with Gasteiger partial charge in [-0.25, -0.2) is 0 Å². The number of aromatic nitrogens is 2. The lowest BCUT2D eigenvalue weighted by atomic mass is 9.96. The highest BCUT2D eigenvalue weighted by atomic mass is 16.5. The summed E-state index contributed by atoms with van der Waals surface area (Å²) in [5, 5.41) is 6.08. The van der Waals surface area contributed by atoms with E-state index >= 15 is 0 Å². The fraction of sp³-hybridized carbons (Fsp3) is 0.200. The van der Waals surface area contributed by atoms with E-state index in [0.717, 1.165) is 69.5 Å². The summed E-state index contributed by atoms with van der Waals surface area (Å²) in [6.07, 6.45) is 2.96. The molecule has 4 heterocycles. The number of rotatable bonds is 1. The Morgan fingerprint density at radius 3 is 2.42 bits per heavy atom. The molecular weight excluding hydrogens is 390 g/mol. The zero-order valence-corrected chi connectivity index (χ0v) is 16.7. The van der Waals surface area contributed by atoms with Gasteiger partial charge in [0.1, 0.15) is 6.23 Å². The Hall–Kier alpha value is -3.64. The molecule has 2 amide bonds. The topological polar surface area (TPSA) is 76.1 Å². The minimum atomic E-state index is -0.331. The van der Waals surface area contributed by atoms with Gasteiger partial charge < -0.3 is 14.3 Å². The molecule has 5 aromatic rings. The molecule has 1 unspecified atom stereocenters. The zero-order valence-electron chi connectivity index (χ0n) is 16.7. The summed E-state index contributed by atoms with van der Waals surface area (Å²) < 4.78 is 8.44. The number of nitrogens with zero attached hydrogens (tertiary/aromatic N) is 1. The van der Waals surface area contributed by atoms with Crippen LogP contribution in [0.4, 0.5) is 0 Å². The van der Waals surface area contributed by atoms with Crippen molar-refractivity contribution in [2.75, 3.05) is 6.61 Å². The second-order valence-electron chi connectivity index (χ2n) is 8.39. The quantitative estimate of drug-likeness (QED) is 0.382. The van der Waals surface area contributed by atoms with E-state index in [1.807, 2.05) is 42.5 Å². The van der Waals surface area contributed by atoms with Gasteiger partial charge in [0.15, 0.2) is 0 Å². The fourth-order valence-corrected chi connectivity index (χ4v) is 5.50. The lowest BCUT2D eigenvalue weighted by Gasteiger charge is -2.26. The van der Waals surface area contributed by atoms with Gasteiger partial charge in [-0.2, -0.15) is 0 Å². The zero-order chi connectivity index (χ0) is 20.7. The highest BCUT2D eigenvalue weighted by Crippen LogP contribution is 2.45. The number of ether oxygens (including phenoxy) is 1.